The van der Waals surface area contributed by atoms with Gasteiger partial charge in [0.2, 0.25) is 0 Å². The van der Waals surface area contributed by atoms with Crippen molar-refractivity contribution in [2.24, 2.45) is 0 Å². The van der Waals surface area contributed by atoms with Crippen molar-refractivity contribution >= 4 is 5.69 Å². The maximum absolute atomic E-state index is 4.80. The Morgan fingerprint density at radius 3 is 2.81 bits per heavy atom. The van der Waals surface area contributed by atoms with E-state index in [9.17, 15) is 0 Å². The van der Waals surface area contributed by atoms with Crippen molar-refractivity contribution in [2.45, 2.75) is 38.9 Å². The summed E-state index contributed by atoms with van der Waals surface area (Å²) in [7, 11) is 0. The molecule has 0 aliphatic carbocycles. The predicted octanol–water partition coefficient (Wildman–Crippen LogP) is 3.00. The average Bonchev–Trinajstić information content (AvgIpc) is 3.35. The molecule has 0 spiro atoms. The molecule has 0 unspecified atom stereocenters. The Morgan fingerprint density at radius 2 is 2.00 bits per heavy atom. The maximum atomic E-state index is 4.80. The Labute approximate surface area is 159 Å². The molecule has 1 N–H and O–H groups in total. The Morgan fingerprint density at radius 1 is 1.11 bits per heavy atom. The lowest BCUT2D eigenvalue weighted by Gasteiger charge is -2.34. The Balaban J connectivity index is 1.34. The molecule has 0 atom stereocenters. The SMILES string of the molecule is Cc1cccc(N2CCC(n3ccnc3-c3cc4n(n3)CCNC4)CC2)c1. The first-order valence-electron chi connectivity index (χ1n) is 9.90. The number of aromatic nitrogens is 4. The molecule has 27 heavy (non-hydrogen) atoms. The van der Waals surface area contributed by atoms with Crippen LogP contribution in [0.1, 0.15) is 30.1 Å². The Bertz CT molecular complexity index is 908. The van der Waals surface area contributed by atoms with Crippen molar-refractivity contribution in [2.75, 3.05) is 24.5 Å². The number of hydrogen-bond acceptors (Lipinski definition) is 4. The number of anilines is 1. The van der Waals surface area contributed by atoms with Crippen LogP contribution in [0.4, 0.5) is 5.69 Å². The fourth-order valence-electron chi connectivity index (χ4n) is 4.34. The van der Waals surface area contributed by atoms with E-state index >= 15 is 0 Å². The van der Waals surface area contributed by atoms with Gasteiger partial charge in [-0.25, -0.2) is 4.98 Å². The molecule has 6 nitrogen and oxygen atoms in total. The van der Waals surface area contributed by atoms with Crippen LogP contribution in [-0.4, -0.2) is 39.0 Å². The van der Waals surface area contributed by atoms with Crippen LogP contribution < -0.4 is 10.2 Å². The molecule has 1 fully saturated rings. The quantitative estimate of drug-likeness (QED) is 0.778. The third kappa shape index (κ3) is 3.14. The van der Waals surface area contributed by atoms with Gasteiger partial charge in [-0.05, 0) is 43.5 Å². The van der Waals surface area contributed by atoms with Crippen LogP contribution in [0.25, 0.3) is 11.5 Å². The lowest BCUT2D eigenvalue weighted by atomic mass is 10.0. The largest absolute Gasteiger partial charge is 0.371 e. The molecule has 0 radical (unpaired) electrons. The van der Waals surface area contributed by atoms with Gasteiger partial charge in [-0.2, -0.15) is 5.10 Å². The smallest absolute Gasteiger partial charge is 0.160 e. The fourth-order valence-corrected chi connectivity index (χ4v) is 4.34. The molecular formula is C21H26N6. The van der Waals surface area contributed by atoms with Crippen LogP contribution in [-0.2, 0) is 13.1 Å². The highest BCUT2D eigenvalue weighted by molar-refractivity contribution is 5.51. The summed E-state index contributed by atoms with van der Waals surface area (Å²) in [6.07, 6.45) is 6.30. The van der Waals surface area contributed by atoms with Gasteiger partial charge in [0.05, 0.1) is 12.2 Å². The zero-order chi connectivity index (χ0) is 18.2. The first-order valence-corrected chi connectivity index (χ1v) is 9.90. The number of fused-ring (bicyclic) bond motifs is 1. The van der Waals surface area contributed by atoms with Gasteiger partial charge in [-0.3, -0.25) is 4.68 Å². The van der Waals surface area contributed by atoms with Crippen LogP contribution in [0.5, 0.6) is 0 Å². The number of rotatable bonds is 3. The van der Waals surface area contributed by atoms with Gasteiger partial charge in [-0.15, -0.1) is 0 Å². The minimum atomic E-state index is 0.486. The number of piperidine rings is 1. The lowest BCUT2D eigenvalue weighted by Crippen LogP contribution is -2.34. The summed E-state index contributed by atoms with van der Waals surface area (Å²) in [5, 5.41) is 8.21. The van der Waals surface area contributed by atoms with Gasteiger partial charge in [0.15, 0.2) is 5.82 Å². The van der Waals surface area contributed by atoms with Crippen molar-refractivity contribution in [3.63, 3.8) is 0 Å². The molecule has 5 rings (SSSR count). The minimum absolute atomic E-state index is 0.486. The van der Waals surface area contributed by atoms with Gasteiger partial charge in [0, 0.05) is 50.3 Å². The summed E-state index contributed by atoms with van der Waals surface area (Å²) >= 11 is 0. The highest BCUT2D eigenvalue weighted by Gasteiger charge is 2.24. The first kappa shape index (κ1) is 16.6. The van der Waals surface area contributed by atoms with Crippen molar-refractivity contribution in [1.29, 1.82) is 0 Å². The Hall–Kier alpha value is -2.60. The molecule has 6 heteroatoms. The van der Waals surface area contributed by atoms with E-state index in [0.717, 1.165) is 57.1 Å². The number of nitrogens with zero attached hydrogens (tertiary/aromatic N) is 5. The second-order valence-electron chi connectivity index (χ2n) is 7.64. The summed E-state index contributed by atoms with van der Waals surface area (Å²) < 4.78 is 4.46. The Kier molecular flexibility index (Phi) is 4.20. The molecule has 0 bridgehead atoms. The van der Waals surface area contributed by atoms with Crippen molar-refractivity contribution in [1.82, 2.24) is 24.6 Å². The van der Waals surface area contributed by atoms with E-state index in [1.54, 1.807) is 0 Å². The molecule has 140 valence electrons. The van der Waals surface area contributed by atoms with Crippen LogP contribution in [0.15, 0.2) is 42.7 Å². The second kappa shape index (κ2) is 6.85. The number of benzene rings is 1. The first-order chi connectivity index (χ1) is 13.3. The molecule has 2 aliphatic heterocycles. The van der Waals surface area contributed by atoms with Gasteiger partial charge in [-0.1, -0.05) is 12.1 Å². The number of imidazole rings is 1. The van der Waals surface area contributed by atoms with Crippen molar-refractivity contribution in [3.05, 3.63) is 54.0 Å². The zero-order valence-electron chi connectivity index (χ0n) is 15.8. The standard InChI is InChI=1S/C21H26N6/c1-16-3-2-4-18(13-16)25-9-5-17(6-10-25)26-11-8-23-21(26)20-14-19-15-22-7-12-27(19)24-20/h2-4,8,11,13-14,17,22H,5-7,9-10,12,15H2,1H3. The van der Waals surface area contributed by atoms with Crippen molar-refractivity contribution < 1.29 is 0 Å². The lowest BCUT2D eigenvalue weighted by molar-refractivity contribution is 0.398. The van der Waals surface area contributed by atoms with E-state index in [2.05, 4.69) is 67.9 Å². The summed E-state index contributed by atoms with van der Waals surface area (Å²) in [5.74, 6) is 1.01. The highest BCUT2D eigenvalue weighted by Crippen LogP contribution is 2.30. The van der Waals surface area contributed by atoms with Crippen LogP contribution in [0, 0.1) is 6.92 Å². The molecule has 1 saturated heterocycles. The summed E-state index contributed by atoms with van der Waals surface area (Å²) in [4.78, 5) is 7.15. The minimum Gasteiger partial charge on any atom is -0.371 e. The number of hydrogen-bond donors (Lipinski definition) is 1. The highest BCUT2D eigenvalue weighted by atomic mass is 15.3. The van der Waals surface area contributed by atoms with E-state index in [1.807, 2.05) is 6.20 Å². The fraction of sp³-hybridized carbons (Fsp3) is 0.429. The molecule has 4 heterocycles. The number of nitrogens with one attached hydrogen (secondary N) is 1. The molecule has 1 aromatic carbocycles. The van der Waals surface area contributed by atoms with E-state index < -0.39 is 0 Å². The molecule has 2 aliphatic rings. The second-order valence-corrected chi connectivity index (χ2v) is 7.64. The number of aryl methyl sites for hydroxylation is 1. The molecule has 0 amide bonds. The monoisotopic (exact) mass is 362 g/mol. The molecule has 0 saturated carbocycles. The maximum Gasteiger partial charge on any atom is 0.160 e. The van der Waals surface area contributed by atoms with Gasteiger partial charge < -0.3 is 14.8 Å². The molecule has 3 aromatic rings. The van der Waals surface area contributed by atoms with Gasteiger partial charge in [0.1, 0.15) is 5.69 Å². The van der Waals surface area contributed by atoms with Crippen LogP contribution in [0.2, 0.25) is 0 Å². The van der Waals surface area contributed by atoms with Crippen LogP contribution >= 0.6 is 0 Å². The molecule has 2 aromatic heterocycles. The van der Waals surface area contributed by atoms with E-state index in [0.29, 0.717) is 6.04 Å². The summed E-state index contributed by atoms with van der Waals surface area (Å²) in [6, 6.07) is 11.5. The van der Waals surface area contributed by atoms with Crippen LogP contribution in [0.3, 0.4) is 0 Å². The third-order valence-electron chi connectivity index (χ3n) is 5.79. The topological polar surface area (TPSA) is 50.9 Å². The zero-order valence-corrected chi connectivity index (χ0v) is 15.8. The van der Waals surface area contributed by atoms with Gasteiger partial charge >= 0.3 is 0 Å². The van der Waals surface area contributed by atoms with Crippen molar-refractivity contribution in [3.8, 4) is 11.5 Å². The van der Waals surface area contributed by atoms with E-state index in [1.165, 1.54) is 16.9 Å². The third-order valence-corrected chi connectivity index (χ3v) is 5.79. The predicted molar refractivity (Wildman–Crippen MR) is 107 cm³/mol. The average molecular weight is 362 g/mol. The summed E-state index contributed by atoms with van der Waals surface area (Å²) in [6.45, 7) is 7.13. The van der Waals surface area contributed by atoms with E-state index in [4.69, 9.17) is 5.10 Å². The molecular weight excluding hydrogens is 336 g/mol. The van der Waals surface area contributed by atoms with E-state index in [-0.39, 0.29) is 0 Å². The normalized spacial score (nSPS) is 17.9. The summed E-state index contributed by atoms with van der Waals surface area (Å²) in [5.41, 5.74) is 4.92. The van der Waals surface area contributed by atoms with Gasteiger partial charge in [0.25, 0.3) is 0 Å².